The van der Waals surface area contributed by atoms with Gasteiger partial charge in [-0.1, -0.05) is 0 Å². The highest BCUT2D eigenvalue weighted by Gasteiger charge is 2.23. The summed E-state index contributed by atoms with van der Waals surface area (Å²) in [6.45, 7) is 5.55. The molecule has 0 spiro atoms. The molecule has 1 aliphatic rings. The fourth-order valence-electron chi connectivity index (χ4n) is 2.63. The van der Waals surface area contributed by atoms with Crippen LogP contribution in [0.1, 0.15) is 22.8 Å². The van der Waals surface area contributed by atoms with E-state index in [1.807, 2.05) is 6.20 Å². The van der Waals surface area contributed by atoms with E-state index in [0.29, 0.717) is 6.04 Å². The van der Waals surface area contributed by atoms with Crippen molar-refractivity contribution in [1.29, 1.82) is 0 Å². The van der Waals surface area contributed by atoms with Crippen LogP contribution in [0.15, 0.2) is 24.0 Å². The lowest BCUT2D eigenvalue weighted by atomic mass is 10.1. The predicted molar refractivity (Wildman–Crippen MR) is 82.2 cm³/mol. The van der Waals surface area contributed by atoms with E-state index in [9.17, 15) is 0 Å². The molecule has 0 bridgehead atoms. The molecule has 3 heterocycles. The summed E-state index contributed by atoms with van der Waals surface area (Å²) in [6, 6.07) is 0.433. The van der Waals surface area contributed by atoms with Crippen molar-refractivity contribution in [3.63, 3.8) is 0 Å². The van der Waals surface area contributed by atoms with Gasteiger partial charge < -0.3 is 4.74 Å². The van der Waals surface area contributed by atoms with Gasteiger partial charge in [-0.2, -0.15) is 0 Å². The van der Waals surface area contributed by atoms with Crippen molar-refractivity contribution < 1.29 is 4.74 Å². The van der Waals surface area contributed by atoms with E-state index < -0.39 is 0 Å². The summed E-state index contributed by atoms with van der Waals surface area (Å²) < 4.78 is 5.65. The smallest absolute Gasteiger partial charge is 0.0897 e. The molecule has 0 N–H and O–H groups in total. The zero-order valence-corrected chi connectivity index (χ0v) is 13.1. The molecule has 0 saturated carbocycles. The number of aryl methyl sites for hydroxylation is 2. The minimum Gasteiger partial charge on any atom is -0.378 e. The number of morpholine rings is 1. The number of nitrogens with zero attached hydrogens (tertiary/aromatic N) is 4. The molecular weight excluding hydrogens is 284 g/mol. The quantitative estimate of drug-likeness (QED) is 0.846. The molecule has 1 atom stereocenters. The van der Waals surface area contributed by atoms with E-state index in [0.717, 1.165) is 49.8 Å². The minimum absolute atomic E-state index is 0.433. The van der Waals surface area contributed by atoms with Crippen molar-refractivity contribution in [3.05, 3.63) is 40.4 Å². The fraction of sp³-hybridized carbons (Fsp3) is 0.533. The molecule has 1 fully saturated rings. The van der Waals surface area contributed by atoms with Gasteiger partial charge in [0.1, 0.15) is 0 Å². The van der Waals surface area contributed by atoms with Crippen molar-refractivity contribution in [2.24, 2.45) is 0 Å². The molecule has 2 aromatic heterocycles. The van der Waals surface area contributed by atoms with E-state index in [4.69, 9.17) is 4.74 Å². The molecule has 6 heteroatoms. The standard InChI is InChI=1S/C15H20N4OS/c1-12-18-14(11-21-12)9-19-6-7-20-10-15(19)3-2-13-8-16-4-5-17-13/h4-5,8,11,15H,2-3,6-7,9-10H2,1H3/t15-/m1/s1. The van der Waals surface area contributed by atoms with Gasteiger partial charge in [-0.3, -0.25) is 14.9 Å². The van der Waals surface area contributed by atoms with Gasteiger partial charge in [-0.15, -0.1) is 11.3 Å². The van der Waals surface area contributed by atoms with Gasteiger partial charge in [0.15, 0.2) is 0 Å². The molecule has 112 valence electrons. The maximum absolute atomic E-state index is 5.65. The highest BCUT2D eigenvalue weighted by Crippen LogP contribution is 2.17. The van der Waals surface area contributed by atoms with Gasteiger partial charge in [0, 0.05) is 43.1 Å². The third kappa shape index (κ3) is 4.06. The van der Waals surface area contributed by atoms with E-state index >= 15 is 0 Å². The van der Waals surface area contributed by atoms with Crippen molar-refractivity contribution in [3.8, 4) is 0 Å². The lowest BCUT2D eigenvalue weighted by Crippen LogP contribution is -2.45. The van der Waals surface area contributed by atoms with Crippen molar-refractivity contribution in [2.45, 2.75) is 32.4 Å². The van der Waals surface area contributed by atoms with E-state index in [1.165, 1.54) is 5.69 Å². The zero-order valence-electron chi connectivity index (χ0n) is 12.2. The maximum atomic E-state index is 5.65. The Balaban J connectivity index is 1.59. The van der Waals surface area contributed by atoms with Crippen LogP contribution in [0.3, 0.4) is 0 Å². The summed E-state index contributed by atoms with van der Waals surface area (Å²) in [6.07, 6.45) is 7.29. The molecule has 0 unspecified atom stereocenters. The van der Waals surface area contributed by atoms with Gasteiger partial charge in [0.05, 0.1) is 29.6 Å². The Kier molecular flexibility index (Phi) is 4.90. The molecule has 0 amide bonds. The molecule has 5 nitrogen and oxygen atoms in total. The molecule has 0 radical (unpaired) electrons. The summed E-state index contributed by atoms with van der Waals surface area (Å²) in [5, 5.41) is 3.29. The molecule has 0 aromatic carbocycles. The van der Waals surface area contributed by atoms with Gasteiger partial charge in [0.2, 0.25) is 0 Å². The summed E-state index contributed by atoms with van der Waals surface area (Å²) in [4.78, 5) is 15.5. The Morgan fingerprint density at radius 1 is 1.38 bits per heavy atom. The van der Waals surface area contributed by atoms with E-state index in [-0.39, 0.29) is 0 Å². The SMILES string of the molecule is Cc1nc(CN2CCOC[C@H]2CCc2cnccn2)cs1. The summed E-state index contributed by atoms with van der Waals surface area (Å²) >= 11 is 1.72. The van der Waals surface area contributed by atoms with Crippen LogP contribution >= 0.6 is 11.3 Å². The highest BCUT2D eigenvalue weighted by atomic mass is 32.1. The van der Waals surface area contributed by atoms with Crippen LogP contribution in [0.25, 0.3) is 0 Å². The summed E-state index contributed by atoms with van der Waals surface area (Å²) in [7, 11) is 0. The first-order chi connectivity index (χ1) is 10.3. The molecule has 3 rings (SSSR count). The summed E-state index contributed by atoms with van der Waals surface area (Å²) in [5.74, 6) is 0. The van der Waals surface area contributed by atoms with Gasteiger partial charge >= 0.3 is 0 Å². The normalized spacial score (nSPS) is 19.8. The van der Waals surface area contributed by atoms with E-state index in [2.05, 4.69) is 32.2 Å². The Morgan fingerprint density at radius 3 is 3.10 bits per heavy atom. The second-order valence-electron chi connectivity index (χ2n) is 5.29. The van der Waals surface area contributed by atoms with Crippen molar-refractivity contribution in [1.82, 2.24) is 19.9 Å². The maximum Gasteiger partial charge on any atom is 0.0897 e. The minimum atomic E-state index is 0.433. The zero-order chi connectivity index (χ0) is 14.5. The second-order valence-corrected chi connectivity index (χ2v) is 6.35. The van der Waals surface area contributed by atoms with Crippen molar-refractivity contribution in [2.75, 3.05) is 19.8 Å². The number of aromatic nitrogens is 3. The van der Waals surface area contributed by atoms with Crippen molar-refractivity contribution >= 4 is 11.3 Å². The molecule has 1 aliphatic heterocycles. The second kappa shape index (κ2) is 7.06. The average Bonchev–Trinajstić information content (AvgIpc) is 2.93. The van der Waals surface area contributed by atoms with Crippen LogP contribution in [0, 0.1) is 6.92 Å². The van der Waals surface area contributed by atoms with Crippen LogP contribution in [0.5, 0.6) is 0 Å². The molecular formula is C15H20N4OS. The van der Waals surface area contributed by atoms with Gasteiger partial charge in [-0.05, 0) is 19.8 Å². The molecule has 0 aliphatic carbocycles. The van der Waals surface area contributed by atoms with Crippen LogP contribution in [-0.2, 0) is 17.7 Å². The highest BCUT2D eigenvalue weighted by molar-refractivity contribution is 7.09. The number of rotatable bonds is 5. The average molecular weight is 304 g/mol. The third-order valence-corrected chi connectivity index (χ3v) is 4.55. The Labute approximate surface area is 129 Å². The fourth-order valence-corrected chi connectivity index (χ4v) is 3.23. The first-order valence-corrected chi connectivity index (χ1v) is 8.17. The van der Waals surface area contributed by atoms with Crippen LogP contribution in [0.4, 0.5) is 0 Å². The number of thiazole rings is 1. The topological polar surface area (TPSA) is 51.1 Å². The van der Waals surface area contributed by atoms with Crippen LogP contribution in [0.2, 0.25) is 0 Å². The first-order valence-electron chi connectivity index (χ1n) is 7.29. The number of ether oxygens (including phenoxy) is 1. The number of hydrogen-bond donors (Lipinski definition) is 0. The molecule has 2 aromatic rings. The van der Waals surface area contributed by atoms with Crippen LogP contribution < -0.4 is 0 Å². The molecule has 21 heavy (non-hydrogen) atoms. The van der Waals surface area contributed by atoms with Gasteiger partial charge in [-0.25, -0.2) is 4.98 Å². The third-order valence-electron chi connectivity index (χ3n) is 3.73. The Bertz CT molecular complexity index is 560. The number of hydrogen-bond acceptors (Lipinski definition) is 6. The monoisotopic (exact) mass is 304 g/mol. The molecule has 1 saturated heterocycles. The predicted octanol–water partition coefficient (Wildman–Crippen LogP) is 2.08. The Morgan fingerprint density at radius 2 is 2.33 bits per heavy atom. The summed E-state index contributed by atoms with van der Waals surface area (Å²) in [5.41, 5.74) is 2.22. The van der Waals surface area contributed by atoms with E-state index in [1.54, 1.807) is 23.7 Å². The lowest BCUT2D eigenvalue weighted by Gasteiger charge is -2.35. The first kappa shape index (κ1) is 14.6. The van der Waals surface area contributed by atoms with Crippen LogP contribution in [-0.4, -0.2) is 45.7 Å². The lowest BCUT2D eigenvalue weighted by molar-refractivity contribution is -0.0148. The van der Waals surface area contributed by atoms with Gasteiger partial charge in [0.25, 0.3) is 0 Å². The largest absolute Gasteiger partial charge is 0.378 e. The Hall–Kier alpha value is -1.37.